The highest BCUT2D eigenvalue weighted by Crippen LogP contribution is 2.38. The monoisotopic (exact) mass is 232 g/mol. The van der Waals surface area contributed by atoms with Gasteiger partial charge in [-0.3, -0.25) is 0 Å². The Labute approximate surface area is 104 Å². The average molecular weight is 232 g/mol. The van der Waals surface area contributed by atoms with E-state index in [1.165, 1.54) is 11.1 Å². The largest absolute Gasteiger partial charge is 0.366 e. The van der Waals surface area contributed by atoms with E-state index in [4.69, 9.17) is 0 Å². The van der Waals surface area contributed by atoms with Gasteiger partial charge < -0.3 is 0 Å². The molecule has 0 radical (unpaired) electrons. The number of hydrogen-bond donors (Lipinski definition) is 0. The van der Waals surface area contributed by atoms with Gasteiger partial charge in [-0.25, -0.2) is 0 Å². The second kappa shape index (κ2) is 3.37. The maximum absolute atomic E-state index is 2.47. The predicted molar refractivity (Wildman–Crippen MR) is 71.3 cm³/mol. The molecule has 0 N–H and O–H groups in total. The van der Waals surface area contributed by atoms with E-state index in [0.29, 0.717) is 0 Å². The normalized spacial score (nSPS) is 23.5. The Kier molecular flexibility index (Phi) is 1.96. The number of rotatable bonds is 0. The molecular formula is C14H10Al2. The lowest BCUT2D eigenvalue weighted by molar-refractivity contribution is 1.46. The first-order chi connectivity index (χ1) is 7.93. The molecule has 0 aliphatic carbocycles. The van der Waals surface area contributed by atoms with Crippen molar-refractivity contribution in [3.05, 3.63) is 76.2 Å². The van der Waals surface area contributed by atoms with Crippen LogP contribution in [0.4, 0.5) is 0 Å². The van der Waals surface area contributed by atoms with Crippen LogP contribution in [-0.2, 0) is 0 Å². The van der Waals surface area contributed by atoms with Gasteiger partial charge in [-0.05, 0) is 11.1 Å². The molecule has 0 nitrogen and oxygen atoms in total. The molecule has 0 saturated carbocycles. The van der Waals surface area contributed by atoms with Crippen LogP contribution in [0.3, 0.4) is 0 Å². The molecule has 0 unspecified atom stereocenters. The van der Waals surface area contributed by atoms with E-state index in [1.54, 1.807) is 8.87 Å². The quantitative estimate of drug-likeness (QED) is 0.563. The molecule has 4 aliphatic rings. The van der Waals surface area contributed by atoms with Crippen molar-refractivity contribution in [1.82, 2.24) is 0 Å². The smallest absolute Gasteiger partial charge is 0.136 e. The van der Waals surface area contributed by atoms with Gasteiger partial charge in [0.05, 0.1) is 0 Å². The third kappa shape index (κ3) is 1.17. The Hall–Kier alpha value is -0.755. The molecule has 4 rings (SSSR count). The Morgan fingerprint density at radius 2 is 1.12 bits per heavy atom. The Balaban J connectivity index is 2.03. The fourth-order valence-electron chi connectivity index (χ4n) is 3.01. The summed E-state index contributed by atoms with van der Waals surface area (Å²) in [4.78, 5) is 9.83. The summed E-state index contributed by atoms with van der Waals surface area (Å²) >= 11 is -1.83. The van der Waals surface area contributed by atoms with Gasteiger partial charge in [0.2, 0.25) is 0 Å². The standard InChI is InChI=1S/C14H10.2Al/c1-5-9-13(7-3)11-12-14(8-4)10-6-2;;/h1-10H;;. The van der Waals surface area contributed by atoms with Crippen molar-refractivity contribution < 1.29 is 0 Å². The third-order valence-electron chi connectivity index (χ3n) is 3.73. The van der Waals surface area contributed by atoms with Gasteiger partial charge >= 0.3 is 28.3 Å². The molecule has 0 saturated heterocycles. The Bertz CT molecular complexity index is 528. The Morgan fingerprint density at radius 1 is 0.625 bits per heavy atom. The average Bonchev–Trinajstić information content (AvgIpc) is 2.36. The van der Waals surface area contributed by atoms with E-state index >= 15 is 0 Å². The van der Waals surface area contributed by atoms with Gasteiger partial charge in [0, 0.05) is 0 Å². The summed E-state index contributed by atoms with van der Waals surface area (Å²) in [6.45, 7) is 0. The van der Waals surface area contributed by atoms with Gasteiger partial charge in [-0.2, -0.15) is 0 Å². The first kappa shape index (κ1) is 9.29. The van der Waals surface area contributed by atoms with Crippen LogP contribution in [0.5, 0.6) is 0 Å². The van der Waals surface area contributed by atoms with Crippen molar-refractivity contribution >= 4 is 28.3 Å². The minimum Gasteiger partial charge on any atom is -0.136 e. The van der Waals surface area contributed by atoms with E-state index in [1.807, 2.05) is 0 Å². The molecular weight excluding hydrogens is 222 g/mol. The van der Waals surface area contributed by atoms with Crippen molar-refractivity contribution in [2.75, 3.05) is 0 Å². The zero-order chi connectivity index (χ0) is 10.5. The van der Waals surface area contributed by atoms with E-state index in [-0.39, 0.29) is 0 Å². The lowest BCUT2D eigenvalue weighted by atomic mass is 10.1. The number of hydrogen-bond acceptors (Lipinski definition) is 0. The molecule has 2 heteroatoms. The molecule has 0 aromatic carbocycles. The van der Waals surface area contributed by atoms with Crippen LogP contribution >= 0.6 is 0 Å². The zero-order valence-corrected chi connectivity index (χ0v) is 11.2. The molecule has 4 aliphatic heterocycles. The van der Waals surface area contributed by atoms with Crippen LogP contribution in [-0.4, -0.2) is 28.3 Å². The molecule has 4 heterocycles. The minimum absolute atomic E-state index is 0.914. The summed E-state index contributed by atoms with van der Waals surface area (Å²) in [5, 5.41) is 0. The van der Waals surface area contributed by atoms with E-state index < -0.39 is 28.3 Å². The van der Waals surface area contributed by atoms with Crippen molar-refractivity contribution in [3.8, 4) is 0 Å². The lowest BCUT2D eigenvalue weighted by Crippen LogP contribution is -2.30. The van der Waals surface area contributed by atoms with E-state index in [0.717, 1.165) is 0 Å². The first-order valence-electron chi connectivity index (χ1n) is 5.82. The molecule has 72 valence electrons. The SMILES string of the molecule is C1=[CH][Al]2[CH]=CC3=CC=[CH][Al]4[CH]=CC(=C1)[C]2=[C]34. The van der Waals surface area contributed by atoms with Crippen LogP contribution in [0.25, 0.3) is 0 Å². The minimum atomic E-state index is -0.914. The van der Waals surface area contributed by atoms with Crippen molar-refractivity contribution in [2.45, 2.75) is 0 Å². The fraction of sp³-hybridized carbons (Fsp3) is 0. The zero-order valence-electron chi connectivity index (χ0n) is 8.93. The highest BCUT2D eigenvalue weighted by atomic mass is 27.2. The van der Waals surface area contributed by atoms with Crippen molar-refractivity contribution in [1.29, 1.82) is 0 Å². The molecule has 0 atom stereocenters. The molecule has 0 aromatic rings. The summed E-state index contributed by atoms with van der Waals surface area (Å²) in [7, 11) is 0. The van der Waals surface area contributed by atoms with Crippen molar-refractivity contribution in [3.63, 3.8) is 0 Å². The second-order valence-electron chi connectivity index (χ2n) is 4.61. The van der Waals surface area contributed by atoms with Gasteiger partial charge in [-0.15, -0.1) is 28.6 Å². The van der Waals surface area contributed by atoms with Gasteiger partial charge in [0.1, 0.15) is 0 Å². The molecule has 0 aromatic heterocycles. The molecule has 16 heavy (non-hydrogen) atoms. The summed E-state index contributed by atoms with van der Waals surface area (Å²) < 4.78 is 3.44. The third-order valence-corrected chi connectivity index (χ3v) is 9.18. The highest BCUT2D eigenvalue weighted by molar-refractivity contribution is 6.86. The highest BCUT2D eigenvalue weighted by Gasteiger charge is 2.35. The van der Waals surface area contributed by atoms with Crippen molar-refractivity contribution in [2.24, 2.45) is 0 Å². The van der Waals surface area contributed by atoms with Crippen LogP contribution in [0.15, 0.2) is 76.2 Å². The molecule has 0 fully saturated rings. The van der Waals surface area contributed by atoms with Crippen LogP contribution in [0.1, 0.15) is 0 Å². The summed E-state index contributed by atoms with van der Waals surface area (Å²) in [6.07, 6.45) is 13.8. The molecule has 0 bridgehead atoms. The van der Waals surface area contributed by atoms with Crippen LogP contribution in [0, 0.1) is 0 Å². The van der Waals surface area contributed by atoms with E-state index in [2.05, 4.69) is 56.2 Å². The van der Waals surface area contributed by atoms with Gasteiger partial charge in [0.25, 0.3) is 0 Å². The lowest BCUT2D eigenvalue weighted by Gasteiger charge is -2.31. The van der Waals surface area contributed by atoms with Gasteiger partial charge in [0.15, 0.2) is 0 Å². The van der Waals surface area contributed by atoms with Crippen LogP contribution in [0.2, 0.25) is 0 Å². The number of allylic oxidation sites excluding steroid dienone is 10. The van der Waals surface area contributed by atoms with Gasteiger partial charge in [-0.1, -0.05) is 36.5 Å². The predicted octanol–water partition coefficient (Wildman–Crippen LogP) is 2.64. The Morgan fingerprint density at radius 3 is 1.62 bits per heavy atom. The van der Waals surface area contributed by atoms with Crippen LogP contribution < -0.4 is 0 Å². The summed E-state index contributed by atoms with van der Waals surface area (Å²) in [6, 6.07) is 0. The summed E-state index contributed by atoms with van der Waals surface area (Å²) in [5.41, 5.74) is 2.98. The summed E-state index contributed by atoms with van der Waals surface area (Å²) in [5.74, 6) is 0. The maximum Gasteiger partial charge on any atom is 0.366 e. The fourth-order valence-corrected chi connectivity index (χ4v) is 8.93. The van der Waals surface area contributed by atoms with E-state index in [9.17, 15) is 0 Å². The molecule has 0 amide bonds. The maximum atomic E-state index is 2.47. The second-order valence-corrected chi connectivity index (χ2v) is 9.41. The topological polar surface area (TPSA) is 0 Å². The first-order valence-corrected chi connectivity index (χ1v) is 9.64. The molecule has 0 spiro atoms.